The van der Waals surface area contributed by atoms with Gasteiger partial charge < -0.3 is 19.9 Å². The molecule has 0 unspecified atom stereocenters. The van der Waals surface area contributed by atoms with Gasteiger partial charge >= 0.3 is 6.36 Å². The van der Waals surface area contributed by atoms with E-state index in [-0.39, 0.29) is 23.3 Å². The summed E-state index contributed by atoms with van der Waals surface area (Å²) in [4.78, 5) is 25.8. The predicted octanol–water partition coefficient (Wildman–Crippen LogP) is 6.01. The van der Waals surface area contributed by atoms with Crippen molar-refractivity contribution in [2.75, 3.05) is 17.6 Å². The molecule has 2 amide bonds. The van der Waals surface area contributed by atoms with Crippen LogP contribution in [0.2, 0.25) is 0 Å². The topological polar surface area (TPSA) is 72.4 Å². The Bertz CT molecular complexity index is 1380. The van der Waals surface area contributed by atoms with Gasteiger partial charge in [-0.2, -0.15) is 0 Å². The van der Waals surface area contributed by atoms with Crippen molar-refractivity contribution in [2.24, 2.45) is 0 Å². The third kappa shape index (κ3) is 7.29. The first kappa shape index (κ1) is 26.2. The maximum Gasteiger partial charge on any atom is 0.573 e. The SMILES string of the molecule is Cc1ccc(C(=O)NCCn2cc(SCC(=O)Nc3ccc(OC(F)(F)F)cc3)c3ccccc32)cc1. The minimum Gasteiger partial charge on any atom is -0.406 e. The van der Waals surface area contributed by atoms with Crippen molar-refractivity contribution in [3.63, 3.8) is 0 Å². The number of para-hydroxylation sites is 1. The summed E-state index contributed by atoms with van der Waals surface area (Å²) in [5.74, 6) is -0.681. The number of nitrogens with one attached hydrogen (secondary N) is 2. The summed E-state index contributed by atoms with van der Waals surface area (Å²) < 4.78 is 42.8. The zero-order valence-corrected chi connectivity index (χ0v) is 20.7. The fourth-order valence-electron chi connectivity index (χ4n) is 3.69. The zero-order valence-electron chi connectivity index (χ0n) is 19.8. The van der Waals surface area contributed by atoms with Gasteiger partial charge in [0.15, 0.2) is 0 Å². The standard InChI is InChI=1S/C27H24F3N3O3S/c1-18-6-8-19(9-7-18)26(35)31-14-15-33-16-24(22-4-2-3-5-23(22)33)37-17-25(34)32-20-10-12-21(13-11-20)36-27(28,29)30/h2-13,16H,14-15,17H2,1H3,(H,31,35)(H,32,34). The summed E-state index contributed by atoms with van der Waals surface area (Å²) in [6.45, 7) is 2.95. The van der Waals surface area contributed by atoms with Crippen LogP contribution >= 0.6 is 11.8 Å². The Morgan fingerprint density at radius 2 is 1.68 bits per heavy atom. The molecule has 0 spiro atoms. The number of carbonyl (C=O) groups is 2. The van der Waals surface area contributed by atoms with Crippen molar-refractivity contribution >= 4 is 40.2 Å². The van der Waals surface area contributed by atoms with Gasteiger partial charge in [-0.3, -0.25) is 9.59 Å². The lowest BCUT2D eigenvalue weighted by atomic mass is 10.1. The lowest BCUT2D eigenvalue weighted by Gasteiger charge is -2.10. The van der Waals surface area contributed by atoms with Crippen molar-refractivity contribution in [2.45, 2.75) is 24.7 Å². The molecule has 37 heavy (non-hydrogen) atoms. The van der Waals surface area contributed by atoms with Crippen LogP contribution in [0.5, 0.6) is 5.75 Å². The van der Waals surface area contributed by atoms with E-state index >= 15 is 0 Å². The number of carbonyl (C=O) groups excluding carboxylic acids is 2. The number of halogens is 3. The number of hydrogen-bond acceptors (Lipinski definition) is 4. The lowest BCUT2D eigenvalue weighted by molar-refractivity contribution is -0.274. The first-order chi connectivity index (χ1) is 17.7. The van der Waals surface area contributed by atoms with Crippen LogP contribution in [0.3, 0.4) is 0 Å². The summed E-state index contributed by atoms with van der Waals surface area (Å²) in [7, 11) is 0. The molecule has 0 fully saturated rings. The molecule has 4 rings (SSSR count). The summed E-state index contributed by atoms with van der Waals surface area (Å²) in [6.07, 6.45) is -2.82. The van der Waals surface area contributed by atoms with E-state index in [2.05, 4.69) is 15.4 Å². The van der Waals surface area contributed by atoms with Crippen LogP contribution in [-0.4, -0.2) is 35.0 Å². The molecule has 192 valence electrons. The van der Waals surface area contributed by atoms with Crippen LogP contribution in [0, 0.1) is 6.92 Å². The fraction of sp³-hybridized carbons (Fsp3) is 0.185. The normalized spacial score (nSPS) is 11.4. The van der Waals surface area contributed by atoms with Crippen molar-refractivity contribution in [1.82, 2.24) is 9.88 Å². The van der Waals surface area contributed by atoms with E-state index in [1.54, 1.807) is 12.1 Å². The van der Waals surface area contributed by atoms with Crippen LogP contribution in [0.25, 0.3) is 10.9 Å². The number of fused-ring (bicyclic) bond motifs is 1. The van der Waals surface area contributed by atoms with Gasteiger partial charge in [-0.05, 0) is 49.4 Å². The number of aryl methyl sites for hydroxylation is 1. The Balaban J connectivity index is 1.34. The highest BCUT2D eigenvalue weighted by Gasteiger charge is 2.31. The lowest BCUT2D eigenvalue weighted by Crippen LogP contribution is -2.27. The van der Waals surface area contributed by atoms with E-state index in [1.807, 2.05) is 54.1 Å². The minimum absolute atomic E-state index is 0.110. The third-order valence-electron chi connectivity index (χ3n) is 5.43. The van der Waals surface area contributed by atoms with Crippen molar-refractivity contribution in [3.8, 4) is 5.75 Å². The van der Waals surface area contributed by atoms with Crippen LogP contribution in [0.4, 0.5) is 18.9 Å². The number of alkyl halides is 3. The second-order valence-electron chi connectivity index (χ2n) is 8.23. The second-order valence-corrected chi connectivity index (χ2v) is 9.25. The van der Waals surface area contributed by atoms with E-state index in [1.165, 1.54) is 23.9 Å². The molecule has 2 N–H and O–H groups in total. The molecule has 0 aliphatic carbocycles. The predicted molar refractivity (Wildman–Crippen MR) is 138 cm³/mol. The molecular weight excluding hydrogens is 503 g/mol. The summed E-state index contributed by atoms with van der Waals surface area (Å²) in [5, 5.41) is 6.59. The summed E-state index contributed by atoms with van der Waals surface area (Å²) in [5.41, 5.74) is 3.04. The fourth-order valence-corrected chi connectivity index (χ4v) is 4.58. The molecule has 3 aromatic carbocycles. The molecule has 4 aromatic rings. The highest BCUT2D eigenvalue weighted by atomic mass is 32.2. The van der Waals surface area contributed by atoms with Crippen LogP contribution in [-0.2, 0) is 11.3 Å². The van der Waals surface area contributed by atoms with Gasteiger partial charge in [-0.25, -0.2) is 0 Å². The van der Waals surface area contributed by atoms with Crippen molar-refractivity contribution in [3.05, 3.63) is 90.1 Å². The monoisotopic (exact) mass is 527 g/mol. The molecule has 0 saturated carbocycles. The molecule has 0 aliphatic heterocycles. The van der Waals surface area contributed by atoms with Gasteiger partial charge in [0.1, 0.15) is 5.75 Å². The second kappa shape index (κ2) is 11.4. The average molecular weight is 528 g/mol. The van der Waals surface area contributed by atoms with Crippen LogP contribution < -0.4 is 15.4 Å². The Morgan fingerprint density at radius 3 is 2.38 bits per heavy atom. The highest BCUT2D eigenvalue weighted by molar-refractivity contribution is 8.00. The van der Waals surface area contributed by atoms with Gasteiger partial charge in [0, 0.05) is 46.3 Å². The van der Waals surface area contributed by atoms with E-state index in [4.69, 9.17) is 0 Å². The van der Waals surface area contributed by atoms with E-state index in [0.29, 0.717) is 24.3 Å². The van der Waals surface area contributed by atoms with E-state index in [9.17, 15) is 22.8 Å². The van der Waals surface area contributed by atoms with Gasteiger partial charge in [-0.15, -0.1) is 24.9 Å². The van der Waals surface area contributed by atoms with Crippen LogP contribution in [0.1, 0.15) is 15.9 Å². The quantitative estimate of drug-likeness (QED) is 0.262. The zero-order chi connectivity index (χ0) is 26.4. The van der Waals surface area contributed by atoms with Crippen molar-refractivity contribution in [1.29, 1.82) is 0 Å². The Kier molecular flexibility index (Phi) is 8.08. The molecule has 1 heterocycles. The van der Waals surface area contributed by atoms with Crippen molar-refractivity contribution < 1.29 is 27.5 Å². The number of ether oxygens (including phenoxy) is 1. The molecule has 6 nitrogen and oxygen atoms in total. The molecule has 1 aromatic heterocycles. The number of amides is 2. The number of anilines is 1. The third-order valence-corrected chi connectivity index (χ3v) is 6.48. The number of benzene rings is 3. The molecule has 0 saturated heterocycles. The maximum absolute atomic E-state index is 12.4. The Labute approximate surface area is 215 Å². The van der Waals surface area contributed by atoms with E-state index < -0.39 is 6.36 Å². The largest absolute Gasteiger partial charge is 0.573 e. The Hall–Kier alpha value is -3.92. The number of aromatic nitrogens is 1. The number of rotatable bonds is 9. The first-order valence-corrected chi connectivity index (χ1v) is 12.4. The number of thioether (sulfide) groups is 1. The number of hydrogen-bond donors (Lipinski definition) is 2. The van der Waals surface area contributed by atoms with Gasteiger partial charge in [0.05, 0.1) is 5.75 Å². The first-order valence-electron chi connectivity index (χ1n) is 11.4. The van der Waals surface area contributed by atoms with Crippen LogP contribution in [0.15, 0.2) is 83.9 Å². The Morgan fingerprint density at radius 1 is 0.973 bits per heavy atom. The van der Waals surface area contributed by atoms with Gasteiger partial charge in [-0.1, -0.05) is 35.9 Å². The minimum atomic E-state index is -4.77. The molecule has 0 aliphatic rings. The molecular formula is C27H24F3N3O3S. The molecule has 0 radical (unpaired) electrons. The molecule has 0 bridgehead atoms. The van der Waals surface area contributed by atoms with Gasteiger partial charge in [0.25, 0.3) is 5.91 Å². The molecule has 0 atom stereocenters. The molecule has 10 heteroatoms. The summed E-state index contributed by atoms with van der Waals surface area (Å²) in [6, 6.07) is 20.1. The average Bonchev–Trinajstić information content (AvgIpc) is 3.21. The maximum atomic E-state index is 12.4. The summed E-state index contributed by atoms with van der Waals surface area (Å²) >= 11 is 1.35. The number of nitrogens with zero attached hydrogens (tertiary/aromatic N) is 1. The smallest absolute Gasteiger partial charge is 0.406 e. The highest BCUT2D eigenvalue weighted by Crippen LogP contribution is 2.30. The van der Waals surface area contributed by atoms with E-state index in [0.717, 1.165) is 33.5 Å². The van der Waals surface area contributed by atoms with Gasteiger partial charge in [0.2, 0.25) is 5.91 Å².